The zero-order valence-corrected chi connectivity index (χ0v) is 25.2. The third kappa shape index (κ3) is 7.52. The number of nitrogens with one attached hydrogen (secondary N) is 2. The SMILES string of the molecule is C=CCC[C@H](NC(=O)[C@@H]1[C@@H]2[C@H](CN1C(=O)[C@@H](C)C1CCCCC1)C2(C)C)C(=O)C(=O)NCCC(=O)OC(C)(C)C. The highest BCUT2D eigenvalue weighted by molar-refractivity contribution is 6.38. The molecule has 2 aliphatic carbocycles. The third-order valence-electron chi connectivity index (χ3n) is 9.06. The topological polar surface area (TPSA) is 122 Å². The van der Waals surface area contributed by atoms with E-state index in [0.717, 1.165) is 25.7 Å². The van der Waals surface area contributed by atoms with Crippen molar-refractivity contribution in [1.82, 2.24) is 15.5 Å². The number of allylic oxidation sites excluding steroid dienone is 1. The lowest BCUT2D eigenvalue weighted by Gasteiger charge is -2.35. The molecule has 3 amide bonds. The summed E-state index contributed by atoms with van der Waals surface area (Å²) in [5, 5.41) is 5.30. The molecule has 0 aromatic heterocycles. The number of hydrogen-bond acceptors (Lipinski definition) is 6. The second-order valence-electron chi connectivity index (χ2n) is 13.5. The molecule has 9 heteroatoms. The van der Waals surface area contributed by atoms with Gasteiger partial charge in [0.2, 0.25) is 17.6 Å². The first kappa shape index (κ1) is 31.8. The molecule has 9 nitrogen and oxygen atoms in total. The molecule has 0 spiro atoms. The van der Waals surface area contributed by atoms with Crippen molar-refractivity contribution < 1.29 is 28.7 Å². The molecule has 0 bridgehead atoms. The molecule has 3 aliphatic rings. The number of rotatable bonds is 12. The Morgan fingerprint density at radius 2 is 1.75 bits per heavy atom. The molecule has 1 heterocycles. The molecule has 3 fully saturated rings. The molecule has 224 valence electrons. The highest BCUT2D eigenvalue weighted by atomic mass is 16.6. The van der Waals surface area contributed by atoms with Gasteiger partial charge in [-0.1, -0.05) is 46.1 Å². The minimum absolute atomic E-state index is 0.0175. The Hall–Kier alpha value is -2.71. The van der Waals surface area contributed by atoms with Gasteiger partial charge in [0.1, 0.15) is 11.6 Å². The number of carbonyl (C=O) groups is 5. The molecule has 0 aromatic rings. The van der Waals surface area contributed by atoms with Crippen molar-refractivity contribution >= 4 is 29.5 Å². The van der Waals surface area contributed by atoms with E-state index in [-0.39, 0.29) is 54.4 Å². The number of fused-ring (bicyclic) bond motifs is 1. The molecule has 3 rings (SSSR count). The number of Topliss-reactive ketones (excluding diaryl/α,β-unsaturated/α-hetero) is 1. The van der Waals surface area contributed by atoms with Crippen LogP contribution in [0.25, 0.3) is 0 Å². The smallest absolute Gasteiger partial charge is 0.308 e. The van der Waals surface area contributed by atoms with E-state index in [1.807, 2.05) is 6.92 Å². The van der Waals surface area contributed by atoms with E-state index in [2.05, 4.69) is 31.1 Å². The maximum atomic E-state index is 13.7. The second-order valence-corrected chi connectivity index (χ2v) is 13.5. The quantitative estimate of drug-likeness (QED) is 0.214. The van der Waals surface area contributed by atoms with Gasteiger partial charge >= 0.3 is 5.97 Å². The average Bonchev–Trinajstić information content (AvgIpc) is 3.22. The fraction of sp³-hybridized carbons (Fsp3) is 0.774. The summed E-state index contributed by atoms with van der Waals surface area (Å²) in [5.41, 5.74) is -0.706. The van der Waals surface area contributed by atoms with Gasteiger partial charge in [-0.05, 0) is 69.6 Å². The summed E-state index contributed by atoms with van der Waals surface area (Å²) in [5.74, 6) is -2.05. The van der Waals surface area contributed by atoms with Gasteiger partial charge in [0.25, 0.3) is 5.91 Å². The monoisotopic (exact) mass is 559 g/mol. The van der Waals surface area contributed by atoms with E-state index < -0.39 is 35.3 Å². The van der Waals surface area contributed by atoms with Gasteiger partial charge < -0.3 is 20.3 Å². The first-order chi connectivity index (χ1) is 18.7. The summed E-state index contributed by atoms with van der Waals surface area (Å²) in [4.78, 5) is 66.9. The fourth-order valence-corrected chi connectivity index (χ4v) is 6.64. The van der Waals surface area contributed by atoms with Crippen molar-refractivity contribution in [3.63, 3.8) is 0 Å². The van der Waals surface area contributed by atoms with Crippen molar-refractivity contribution in [3.05, 3.63) is 12.7 Å². The van der Waals surface area contributed by atoms with Crippen LogP contribution >= 0.6 is 0 Å². The Morgan fingerprint density at radius 1 is 1.10 bits per heavy atom. The number of amides is 3. The van der Waals surface area contributed by atoms with E-state index in [9.17, 15) is 24.0 Å². The summed E-state index contributed by atoms with van der Waals surface area (Å²) in [6.45, 7) is 15.7. The van der Waals surface area contributed by atoms with Crippen LogP contribution in [0.3, 0.4) is 0 Å². The van der Waals surface area contributed by atoms with Crippen molar-refractivity contribution in [1.29, 1.82) is 0 Å². The Balaban J connectivity index is 1.66. The molecule has 0 aromatic carbocycles. The fourth-order valence-electron chi connectivity index (χ4n) is 6.64. The van der Waals surface area contributed by atoms with Crippen LogP contribution in [0.2, 0.25) is 0 Å². The van der Waals surface area contributed by atoms with Crippen molar-refractivity contribution in [3.8, 4) is 0 Å². The van der Waals surface area contributed by atoms with Crippen molar-refractivity contribution in [2.24, 2.45) is 29.1 Å². The lowest BCUT2D eigenvalue weighted by Crippen LogP contribution is -2.56. The number of esters is 1. The number of carbonyl (C=O) groups excluding carboxylic acids is 5. The molecule has 5 atom stereocenters. The predicted octanol–water partition coefficient (Wildman–Crippen LogP) is 3.55. The van der Waals surface area contributed by atoms with E-state index in [0.29, 0.717) is 18.9 Å². The van der Waals surface area contributed by atoms with E-state index in [1.165, 1.54) is 6.42 Å². The Labute approximate surface area is 239 Å². The summed E-state index contributed by atoms with van der Waals surface area (Å²) < 4.78 is 5.23. The Morgan fingerprint density at radius 3 is 2.35 bits per heavy atom. The zero-order chi connectivity index (χ0) is 29.8. The molecule has 2 saturated carbocycles. The predicted molar refractivity (Wildman–Crippen MR) is 152 cm³/mol. The highest BCUT2D eigenvalue weighted by Crippen LogP contribution is 2.65. The Kier molecular flexibility index (Phi) is 10.2. The molecule has 40 heavy (non-hydrogen) atoms. The number of hydrogen-bond donors (Lipinski definition) is 2. The summed E-state index contributed by atoms with van der Waals surface area (Å²) in [7, 11) is 0. The first-order valence-electron chi connectivity index (χ1n) is 14.9. The summed E-state index contributed by atoms with van der Waals surface area (Å²) in [6.07, 6.45) is 7.75. The summed E-state index contributed by atoms with van der Waals surface area (Å²) >= 11 is 0. The van der Waals surface area contributed by atoms with E-state index in [4.69, 9.17) is 4.74 Å². The lowest BCUT2D eigenvalue weighted by molar-refractivity contribution is -0.154. The second kappa shape index (κ2) is 12.9. The number of ether oxygens (including phenoxy) is 1. The highest BCUT2D eigenvalue weighted by Gasteiger charge is 2.69. The van der Waals surface area contributed by atoms with Gasteiger partial charge in [0.05, 0.1) is 12.5 Å². The van der Waals surface area contributed by atoms with Gasteiger partial charge in [-0.3, -0.25) is 24.0 Å². The van der Waals surface area contributed by atoms with E-state index in [1.54, 1.807) is 31.7 Å². The van der Waals surface area contributed by atoms with Crippen LogP contribution in [-0.2, 0) is 28.7 Å². The van der Waals surface area contributed by atoms with Crippen LogP contribution in [0.4, 0.5) is 0 Å². The van der Waals surface area contributed by atoms with Crippen molar-refractivity contribution in [2.45, 2.75) is 111 Å². The number of nitrogens with zero attached hydrogens (tertiary/aromatic N) is 1. The number of likely N-dealkylation sites (tertiary alicyclic amines) is 1. The van der Waals surface area contributed by atoms with Gasteiger partial charge in [0, 0.05) is 19.0 Å². The third-order valence-corrected chi connectivity index (χ3v) is 9.06. The number of ketones is 1. The summed E-state index contributed by atoms with van der Waals surface area (Å²) in [6, 6.07) is -1.71. The maximum absolute atomic E-state index is 13.7. The molecule has 0 unspecified atom stereocenters. The van der Waals surface area contributed by atoms with Gasteiger partial charge in [-0.25, -0.2) is 0 Å². The minimum Gasteiger partial charge on any atom is -0.460 e. The largest absolute Gasteiger partial charge is 0.460 e. The van der Waals surface area contributed by atoms with Gasteiger partial charge in [-0.2, -0.15) is 0 Å². The standard InChI is InChI=1S/C31H49N3O6/c1-8-9-15-22(26(36)28(38)32-17-16-23(35)40-30(3,4)5)33-27(37)25-24-21(31(24,6)7)18-34(25)29(39)19(2)20-13-11-10-12-14-20/h8,19-22,24-25H,1,9-18H2,2-7H3,(H,32,38)(H,33,37)/t19-,21-,22-,24-,25-/m0/s1. The van der Waals surface area contributed by atoms with Crippen LogP contribution in [0.5, 0.6) is 0 Å². The molecule has 2 N–H and O–H groups in total. The van der Waals surface area contributed by atoms with E-state index >= 15 is 0 Å². The van der Waals surface area contributed by atoms with Crippen LogP contribution in [0.15, 0.2) is 12.7 Å². The van der Waals surface area contributed by atoms with Gasteiger partial charge in [0.15, 0.2) is 0 Å². The lowest BCUT2D eigenvalue weighted by atomic mass is 9.80. The van der Waals surface area contributed by atoms with Crippen LogP contribution in [0, 0.1) is 29.1 Å². The zero-order valence-electron chi connectivity index (χ0n) is 25.2. The average molecular weight is 560 g/mol. The van der Waals surface area contributed by atoms with Crippen LogP contribution in [0.1, 0.15) is 92.9 Å². The number of piperidine rings is 1. The van der Waals surface area contributed by atoms with Crippen LogP contribution in [-0.4, -0.2) is 65.1 Å². The molecular weight excluding hydrogens is 510 g/mol. The maximum Gasteiger partial charge on any atom is 0.308 e. The minimum atomic E-state index is -1.05. The normalized spacial score (nSPS) is 25.2. The molecule has 1 aliphatic heterocycles. The first-order valence-corrected chi connectivity index (χ1v) is 14.9. The van der Waals surface area contributed by atoms with Gasteiger partial charge in [-0.15, -0.1) is 6.58 Å². The van der Waals surface area contributed by atoms with Crippen LogP contribution < -0.4 is 10.6 Å². The molecule has 1 saturated heterocycles. The molecule has 0 radical (unpaired) electrons. The Bertz CT molecular complexity index is 994. The molecular formula is C31H49N3O6. The van der Waals surface area contributed by atoms with Crippen molar-refractivity contribution in [2.75, 3.05) is 13.1 Å².